The van der Waals surface area contributed by atoms with E-state index >= 15 is 0 Å². The topological polar surface area (TPSA) is 32.8 Å². The highest BCUT2D eigenvalue weighted by Crippen LogP contribution is 2.30. The van der Waals surface area contributed by atoms with Gasteiger partial charge in [-0.1, -0.05) is 13.8 Å². The summed E-state index contributed by atoms with van der Waals surface area (Å²) in [5, 5.41) is 0. The van der Waals surface area contributed by atoms with Crippen molar-refractivity contribution >= 4 is 5.91 Å². The van der Waals surface area contributed by atoms with Gasteiger partial charge in [-0.15, -0.1) is 0 Å². The van der Waals surface area contributed by atoms with Crippen LogP contribution >= 0.6 is 0 Å². The number of carbonyl (C=O) groups is 1. The van der Waals surface area contributed by atoms with Crippen molar-refractivity contribution in [1.82, 2.24) is 4.90 Å². The predicted octanol–water partition coefficient (Wildman–Crippen LogP) is 0.642. The zero-order chi connectivity index (χ0) is 8.72. The number of rotatable bonds is 1. The van der Waals surface area contributed by atoms with Crippen LogP contribution in [0.3, 0.4) is 0 Å². The number of carbonyl (C=O) groups excluding carboxylic acids is 1. The van der Waals surface area contributed by atoms with E-state index in [1.165, 1.54) is 0 Å². The van der Waals surface area contributed by atoms with Crippen molar-refractivity contribution in [2.24, 2.45) is 5.92 Å². The Morgan fingerprint density at radius 2 is 2.25 bits per heavy atom. The van der Waals surface area contributed by atoms with Gasteiger partial charge in [-0.25, -0.2) is 0 Å². The highest BCUT2D eigenvalue weighted by atomic mass is 16.6. The second kappa shape index (κ2) is 2.73. The summed E-state index contributed by atoms with van der Waals surface area (Å²) in [4.78, 5) is 13.5. The molecule has 3 heteroatoms. The van der Waals surface area contributed by atoms with E-state index in [1.807, 2.05) is 18.7 Å². The van der Waals surface area contributed by atoms with E-state index < -0.39 is 0 Å². The fraction of sp³-hybridized carbons (Fsp3) is 0.889. The Labute approximate surface area is 72.7 Å². The first-order valence-electron chi connectivity index (χ1n) is 4.62. The second-order valence-corrected chi connectivity index (χ2v) is 3.94. The molecule has 0 spiro atoms. The van der Waals surface area contributed by atoms with E-state index in [0.717, 1.165) is 19.5 Å². The van der Waals surface area contributed by atoms with Crippen LogP contribution in [-0.2, 0) is 9.53 Å². The fourth-order valence-corrected chi connectivity index (χ4v) is 1.75. The Hall–Kier alpha value is -0.570. The molecule has 0 aromatic rings. The number of fused-ring (bicyclic) bond motifs is 1. The minimum absolute atomic E-state index is 0.125. The van der Waals surface area contributed by atoms with Crippen molar-refractivity contribution in [2.75, 3.05) is 13.1 Å². The molecule has 2 saturated heterocycles. The third-order valence-corrected chi connectivity index (χ3v) is 2.58. The van der Waals surface area contributed by atoms with Crippen LogP contribution in [0.15, 0.2) is 0 Å². The van der Waals surface area contributed by atoms with Crippen LogP contribution in [-0.4, -0.2) is 36.1 Å². The zero-order valence-electron chi connectivity index (χ0n) is 7.62. The van der Waals surface area contributed by atoms with Gasteiger partial charge >= 0.3 is 0 Å². The summed E-state index contributed by atoms with van der Waals surface area (Å²) in [6.45, 7) is 5.60. The molecule has 0 unspecified atom stereocenters. The number of ether oxygens (including phenoxy) is 1. The van der Waals surface area contributed by atoms with E-state index in [2.05, 4.69) is 0 Å². The fourth-order valence-electron chi connectivity index (χ4n) is 1.75. The lowest BCUT2D eigenvalue weighted by molar-refractivity contribution is -0.135. The average molecular weight is 169 g/mol. The first kappa shape index (κ1) is 8.05. The van der Waals surface area contributed by atoms with Crippen LogP contribution in [0.4, 0.5) is 0 Å². The largest absolute Gasteiger partial charge is 0.368 e. The van der Waals surface area contributed by atoms with Crippen molar-refractivity contribution in [3.63, 3.8) is 0 Å². The van der Waals surface area contributed by atoms with Crippen molar-refractivity contribution in [1.29, 1.82) is 0 Å². The maximum atomic E-state index is 11.5. The number of epoxide rings is 1. The molecule has 1 amide bonds. The van der Waals surface area contributed by atoms with Crippen LogP contribution in [0.2, 0.25) is 0 Å². The van der Waals surface area contributed by atoms with Crippen LogP contribution in [0.5, 0.6) is 0 Å². The van der Waals surface area contributed by atoms with Crippen LogP contribution < -0.4 is 0 Å². The highest BCUT2D eigenvalue weighted by Gasteiger charge is 2.44. The number of amides is 1. The molecule has 2 atom stereocenters. The normalized spacial score (nSPS) is 33.4. The molecule has 2 fully saturated rings. The SMILES string of the molecule is CC(C)C(=O)N1CC[C@@H]2O[C@H]2C1. The Morgan fingerprint density at radius 1 is 1.50 bits per heavy atom. The van der Waals surface area contributed by atoms with Crippen LogP contribution in [0, 0.1) is 5.92 Å². The Balaban J connectivity index is 1.91. The minimum atomic E-state index is 0.125. The lowest BCUT2D eigenvalue weighted by Gasteiger charge is -2.25. The number of piperidine rings is 1. The van der Waals surface area contributed by atoms with Gasteiger partial charge in [0.1, 0.15) is 6.10 Å². The van der Waals surface area contributed by atoms with Crippen LogP contribution in [0.25, 0.3) is 0 Å². The lowest BCUT2D eigenvalue weighted by atomic mass is 10.1. The van der Waals surface area contributed by atoms with E-state index in [9.17, 15) is 4.79 Å². The molecule has 2 rings (SSSR count). The molecule has 0 aromatic heterocycles. The molecule has 2 heterocycles. The van der Waals surface area contributed by atoms with Gasteiger partial charge in [-0.05, 0) is 6.42 Å². The molecule has 0 aliphatic carbocycles. The second-order valence-electron chi connectivity index (χ2n) is 3.94. The van der Waals surface area contributed by atoms with Gasteiger partial charge in [0.05, 0.1) is 6.10 Å². The summed E-state index contributed by atoms with van der Waals surface area (Å²) in [5.74, 6) is 0.393. The molecule has 68 valence electrons. The molecule has 0 saturated carbocycles. The third-order valence-electron chi connectivity index (χ3n) is 2.58. The summed E-state index contributed by atoms with van der Waals surface area (Å²) in [6, 6.07) is 0. The van der Waals surface area contributed by atoms with Gasteiger partial charge in [0.15, 0.2) is 0 Å². The van der Waals surface area contributed by atoms with Crippen LogP contribution in [0.1, 0.15) is 20.3 Å². The predicted molar refractivity (Wildman–Crippen MR) is 44.7 cm³/mol. The lowest BCUT2D eigenvalue weighted by Crippen LogP contribution is -2.41. The Kier molecular flexibility index (Phi) is 1.83. The van der Waals surface area contributed by atoms with Gasteiger partial charge in [-0.3, -0.25) is 4.79 Å². The van der Waals surface area contributed by atoms with Gasteiger partial charge in [0, 0.05) is 19.0 Å². The van der Waals surface area contributed by atoms with Crippen molar-refractivity contribution in [3.05, 3.63) is 0 Å². The zero-order valence-corrected chi connectivity index (χ0v) is 7.62. The van der Waals surface area contributed by atoms with E-state index in [-0.39, 0.29) is 11.8 Å². The van der Waals surface area contributed by atoms with E-state index in [0.29, 0.717) is 12.2 Å². The van der Waals surface area contributed by atoms with E-state index in [4.69, 9.17) is 4.74 Å². The molecule has 0 radical (unpaired) electrons. The van der Waals surface area contributed by atoms with Crippen molar-refractivity contribution < 1.29 is 9.53 Å². The minimum Gasteiger partial charge on any atom is -0.368 e. The molecular formula is C9H15NO2. The Morgan fingerprint density at radius 3 is 2.83 bits per heavy atom. The monoisotopic (exact) mass is 169 g/mol. The van der Waals surface area contributed by atoms with E-state index in [1.54, 1.807) is 0 Å². The first-order valence-corrected chi connectivity index (χ1v) is 4.62. The van der Waals surface area contributed by atoms with Crippen molar-refractivity contribution in [3.8, 4) is 0 Å². The summed E-state index contributed by atoms with van der Waals surface area (Å²) in [6.07, 6.45) is 1.87. The number of nitrogens with zero attached hydrogens (tertiary/aromatic N) is 1. The maximum absolute atomic E-state index is 11.5. The summed E-state index contributed by atoms with van der Waals surface area (Å²) >= 11 is 0. The molecule has 3 nitrogen and oxygen atoms in total. The maximum Gasteiger partial charge on any atom is 0.225 e. The molecule has 12 heavy (non-hydrogen) atoms. The van der Waals surface area contributed by atoms with Gasteiger partial charge in [0.2, 0.25) is 5.91 Å². The number of hydrogen-bond donors (Lipinski definition) is 0. The molecule has 0 aromatic carbocycles. The number of hydrogen-bond acceptors (Lipinski definition) is 2. The van der Waals surface area contributed by atoms with Gasteiger partial charge < -0.3 is 9.64 Å². The number of likely N-dealkylation sites (tertiary alicyclic amines) is 1. The standard InChI is InChI=1S/C9H15NO2/c1-6(2)9(11)10-4-3-7-8(5-10)12-7/h6-8H,3-5H2,1-2H3/t7-,8-/m0/s1. The summed E-state index contributed by atoms with van der Waals surface area (Å²) < 4.78 is 5.34. The van der Waals surface area contributed by atoms with Crippen molar-refractivity contribution in [2.45, 2.75) is 32.5 Å². The third kappa shape index (κ3) is 1.33. The Bertz CT molecular complexity index is 203. The molecule has 2 aliphatic heterocycles. The average Bonchev–Trinajstić information content (AvgIpc) is 2.79. The molecule has 0 N–H and O–H groups in total. The molecular weight excluding hydrogens is 154 g/mol. The quantitative estimate of drug-likeness (QED) is 0.540. The van der Waals surface area contributed by atoms with Gasteiger partial charge in [-0.2, -0.15) is 0 Å². The smallest absolute Gasteiger partial charge is 0.225 e. The highest BCUT2D eigenvalue weighted by molar-refractivity contribution is 5.78. The molecule has 2 aliphatic rings. The summed E-state index contributed by atoms with van der Waals surface area (Å²) in [7, 11) is 0. The van der Waals surface area contributed by atoms with Gasteiger partial charge in [0.25, 0.3) is 0 Å². The first-order chi connectivity index (χ1) is 5.68. The molecule has 0 bridgehead atoms. The summed E-state index contributed by atoms with van der Waals surface area (Å²) in [5.41, 5.74) is 0.